The Morgan fingerprint density at radius 3 is 2.89 bits per heavy atom. The minimum atomic E-state index is -0.167. The van der Waals surface area contributed by atoms with Crippen LogP contribution in [0.5, 0.6) is 0 Å². The first-order chi connectivity index (χ1) is 13.5. The van der Waals surface area contributed by atoms with Gasteiger partial charge in [0.15, 0.2) is 0 Å². The van der Waals surface area contributed by atoms with Gasteiger partial charge in [-0.1, -0.05) is 30.7 Å². The minimum absolute atomic E-state index is 0.132. The number of amides is 1. The fourth-order valence-electron chi connectivity index (χ4n) is 3.38. The van der Waals surface area contributed by atoms with Crippen molar-refractivity contribution in [3.8, 4) is 0 Å². The van der Waals surface area contributed by atoms with Gasteiger partial charge in [-0.05, 0) is 43.2 Å². The third-order valence-electron chi connectivity index (χ3n) is 4.93. The van der Waals surface area contributed by atoms with Gasteiger partial charge in [-0.15, -0.1) is 0 Å². The summed E-state index contributed by atoms with van der Waals surface area (Å²) in [6.45, 7) is 4.35. The zero-order valence-corrected chi connectivity index (χ0v) is 16.0. The standard InChI is InChI=1S/C22H22N4O2/c1-3-15-5-4-6-16(12-15)24-19(27)9-10-26-13-23-20-17-11-14(2)7-8-18(17)25-21(20)22(26)28/h4-8,11-13,25H,3,9-10H2,1-2H3,(H,24,27). The van der Waals surface area contributed by atoms with Crippen LogP contribution >= 0.6 is 0 Å². The maximum absolute atomic E-state index is 12.8. The molecule has 28 heavy (non-hydrogen) atoms. The van der Waals surface area contributed by atoms with Crippen LogP contribution in [0.2, 0.25) is 0 Å². The number of H-pyrrole nitrogens is 1. The zero-order chi connectivity index (χ0) is 19.7. The van der Waals surface area contributed by atoms with Gasteiger partial charge >= 0.3 is 0 Å². The first kappa shape index (κ1) is 18.0. The topological polar surface area (TPSA) is 79.8 Å². The highest BCUT2D eigenvalue weighted by Gasteiger charge is 2.12. The highest BCUT2D eigenvalue weighted by molar-refractivity contribution is 6.04. The second kappa shape index (κ2) is 7.31. The maximum atomic E-state index is 12.8. The van der Waals surface area contributed by atoms with E-state index in [1.165, 1.54) is 10.9 Å². The number of benzene rings is 2. The Morgan fingerprint density at radius 1 is 1.21 bits per heavy atom. The summed E-state index contributed by atoms with van der Waals surface area (Å²) in [4.78, 5) is 32.7. The number of rotatable bonds is 5. The molecule has 0 radical (unpaired) electrons. The van der Waals surface area contributed by atoms with E-state index in [1.54, 1.807) is 0 Å². The molecule has 0 fully saturated rings. The van der Waals surface area contributed by atoms with Crippen molar-refractivity contribution in [2.45, 2.75) is 33.2 Å². The summed E-state index contributed by atoms with van der Waals surface area (Å²) in [5.41, 5.74) is 4.91. The summed E-state index contributed by atoms with van der Waals surface area (Å²) in [5, 5.41) is 3.83. The van der Waals surface area contributed by atoms with Gasteiger partial charge in [-0.3, -0.25) is 14.2 Å². The molecule has 0 unspecified atom stereocenters. The normalized spacial score (nSPS) is 11.2. The molecule has 2 aromatic carbocycles. The Bertz CT molecular complexity index is 1240. The lowest BCUT2D eigenvalue weighted by Gasteiger charge is -2.08. The molecular weight excluding hydrogens is 352 g/mol. The van der Waals surface area contributed by atoms with Crippen LogP contribution in [0.3, 0.4) is 0 Å². The van der Waals surface area contributed by atoms with Crippen molar-refractivity contribution >= 4 is 33.5 Å². The summed E-state index contributed by atoms with van der Waals surface area (Å²) in [6, 6.07) is 13.7. The molecule has 142 valence electrons. The smallest absolute Gasteiger partial charge is 0.277 e. The van der Waals surface area contributed by atoms with Crippen LogP contribution in [-0.2, 0) is 17.8 Å². The first-order valence-corrected chi connectivity index (χ1v) is 9.41. The van der Waals surface area contributed by atoms with E-state index >= 15 is 0 Å². The van der Waals surface area contributed by atoms with E-state index in [9.17, 15) is 9.59 Å². The number of carbonyl (C=O) groups is 1. The van der Waals surface area contributed by atoms with Crippen molar-refractivity contribution in [3.05, 3.63) is 70.3 Å². The van der Waals surface area contributed by atoms with E-state index in [-0.39, 0.29) is 24.4 Å². The number of aromatic nitrogens is 3. The maximum Gasteiger partial charge on any atom is 0.277 e. The number of aromatic amines is 1. The van der Waals surface area contributed by atoms with Gasteiger partial charge in [0.05, 0.1) is 6.33 Å². The summed E-state index contributed by atoms with van der Waals surface area (Å²) < 4.78 is 1.48. The van der Waals surface area contributed by atoms with Crippen LogP contribution in [0.1, 0.15) is 24.5 Å². The number of hydrogen-bond donors (Lipinski definition) is 2. The minimum Gasteiger partial charge on any atom is -0.349 e. The van der Waals surface area contributed by atoms with Gasteiger partial charge < -0.3 is 10.3 Å². The Hall–Kier alpha value is -3.41. The number of anilines is 1. The predicted octanol–water partition coefficient (Wildman–Crippen LogP) is 3.78. The van der Waals surface area contributed by atoms with E-state index < -0.39 is 0 Å². The number of nitrogens with one attached hydrogen (secondary N) is 2. The Morgan fingerprint density at radius 2 is 2.07 bits per heavy atom. The molecule has 4 aromatic rings. The lowest BCUT2D eigenvalue weighted by Crippen LogP contribution is -2.23. The third kappa shape index (κ3) is 3.41. The van der Waals surface area contributed by atoms with Crippen molar-refractivity contribution in [1.29, 1.82) is 0 Å². The van der Waals surface area contributed by atoms with Crippen LogP contribution in [0.4, 0.5) is 5.69 Å². The van der Waals surface area contributed by atoms with Gasteiger partial charge in [0.2, 0.25) is 5.91 Å². The average Bonchev–Trinajstić information content (AvgIpc) is 3.06. The molecule has 6 heteroatoms. The van der Waals surface area contributed by atoms with Crippen LogP contribution < -0.4 is 10.9 Å². The van der Waals surface area contributed by atoms with Crippen molar-refractivity contribution < 1.29 is 4.79 Å². The largest absolute Gasteiger partial charge is 0.349 e. The molecule has 0 aliphatic rings. The summed E-state index contributed by atoms with van der Waals surface area (Å²) in [5.74, 6) is -0.132. The Labute approximate surface area is 162 Å². The average molecular weight is 374 g/mol. The van der Waals surface area contributed by atoms with Crippen LogP contribution in [0, 0.1) is 6.92 Å². The highest BCUT2D eigenvalue weighted by atomic mass is 16.2. The van der Waals surface area contributed by atoms with Gasteiger partial charge in [-0.2, -0.15) is 0 Å². The molecule has 2 heterocycles. The number of fused-ring (bicyclic) bond motifs is 3. The van der Waals surface area contributed by atoms with E-state index in [4.69, 9.17) is 0 Å². The fraction of sp³-hybridized carbons (Fsp3) is 0.227. The first-order valence-electron chi connectivity index (χ1n) is 9.41. The van der Waals surface area contributed by atoms with E-state index in [0.29, 0.717) is 11.0 Å². The molecule has 0 atom stereocenters. The van der Waals surface area contributed by atoms with Crippen LogP contribution in [0.15, 0.2) is 53.6 Å². The van der Waals surface area contributed by atoms with Gasteiger partial charge in [0.25, 0.3) is 5.56 Å². The lowest BCUT2D eigenvalue weighted by molar-refractivity contribution is -0.116. The summed E-state index contributed by atoms with van der Waals surface area (Å²) in [7, 11) is 0. The molecular formula is C22H22N4O2. The molecule has 4 rings (SSSR count). The highest BCUT2D eigenvalue weighted by Crippen LogP contribution is 2.22. The lowest BCUT2D eigenvalue weighted by atomic mass is 10.1. The second-order valence-electron chi connectivity index (χ2n) is 6.99. The molecule has 2 aromatic heterocycles. The van der Waals surface area contributed by atoms with Crippen molar-refractivity contribution in [2.75, 3.05) is 5.32 Å². The quantitative estimate of drug-likeness (QED) is 0.558. The van der Waals surface area contributed by atoms with Crippen LogP contribution in [-0.4, -0.2) is 20.4 Å². The summed E-state index contributed by atoms with van der Waals surface area (Å²) in [6.07, 6.45) is 2.63. The van der Waals surface area contributed by atoms with Crippen LogP contribution in [0.25, 0.3) is 21.9 Å². The second-order valence-corrected chi connectivity index (χ2v) is 6.99. The Balaban J connectivity index is 1.53. The van der Waals surface area contributed by atoms with Gasteiger partial charge in [-0.25, -0.2) is 4.98 Å². The molecule has 0 saturated carbocycles. The molecule has 2 N–H and O–H groups in total. The van der Waals surface area contributed by atoms with E-state index in [1.807, 2.05) is 49.4 Å². The SMILES string of the molecule is CCc1cccc(NC(=O)CCn2cnc3c([nH]c4ccc(C)cc43)c2=O)c1. The number of hydrogen-bond acceptors (Lipinski definition) is 3. The molecule has 1 amide bonds. The van der Waals surface area contributed by atoms with Gasteiger partial charge in [0, 0.05) is 29.6 Å². The molecule has 0 aliphatic carbocycles. The Kier molecular flexibility index (Phi) is 4.69. The molecule has 0 spiro atoms. The molecule has 6 nitrogen and oxygen atoms in total. The molecule has 0 aliphatic heterocycles. The number of aryl methyl sites for hydroxylation is 3. The van der Waals surface area contributed by atoms with E-state index in [2.05, 4.69) is 22.2 Å². The monoisotopic (exact) mass is 374 g/mol. The van der Waals surface area contributed by atoms with Gasteiger partial charge in [0.1, 0.15) is 11.0 Å². The van der Waals surface area contributed by atoms with Crippen molar-refractivity contribution in [3.63, 3.8) is 0 Å². The fourth-order valence-corrected chi connectivity index (χ4v) is 3.38. The number of nitrogens with zero attached hydrogens (tertiary/aromatic N) is 2. The number of carbonyl (C=O) groups excluding carboxylic acids is 1. The van der Waals surface area contributed by atoms with E-state index in [0.717, 1.165) is 34.1 Å². The van der Waals surface area contributed by atoms with Crippen molar-refractivity contribution in [2.24, 2.45) is 0 Å². The molecule has 0 bridgehead atoms. The zero-order valence-electron chi connectivity index (χ0n) is 16.0. The summed E-state index contributed by atoms with van der Waals surface area (Å²) >= 11 is 0. The third-order valence-corrected chi connectivity index (χ3v) is 4.93. The predicted molar refractivity (Wildman–Crippen MR) is 112 cm³/mol. The van der Waals surface area contributed by atoms with Crippen molar-refractivity contribution in [1.82, 2.24) is 14.5 Å². The molecule has 0 saturated heterocycles.